The van der Waals surface area contributed by atoms with Crippen LogP contribution >= 0.6 is 15.9 Å². The minimum absolute atomic E-state index is 0.0914. The van der Waals surface area contributed by atoms with Gasteiger partial charge in [-0.15, -0.1) is 0 Å². The van der Waals surface area contributed by atoms with Gasteiger partial charge in [-0.25, -0.2) is 13.1 Å². The van der Waals surface area contributed by atoms with Crippen molar-refractivity contribution >= 4 is 26.0 Å². The molecule has 6 heteroatoms. The molecule has 0 heterocycles. The molecular weight excluding hydrogens is 340 g/mol. The van der Waals surface area contributed by atoms with Gasteiger partial charge < -0.3 is 5.73 Å². The van der Waals surface area contributed by atoms with E-state index in [0.717, 1.165) is 30.4 Å². The van der Waals surface area contributed by atoms with Crippen molar-refractivity contribution in [2.24, 2.45) is 11.7 Å². The molecule has 0 radical (unpaired) electrons. The highest BCUT2D eigenvalue weighted by Gasteiger charge is 2.39. The predicted octanol–water partition coefficient (Wildman–Crippen LogP) is 2.68. The molecule has 0 spiro atoms. The molecule has 0 amide bonds. The van der Waals surface area contributed by atoms with E-state index in [9.17, 15) is 8.42 Å². The van der Waals surface area contributed by atoms with E-state index in [1.165, 1.54) is 0 Å². The summed E-state index contributed by atoms with van der Waals surface area (Å²) in [5.74, 6) is 0.493. The second-order valence-corrected chi connectivity index (χ2v) is 7.92. The first-order chi connectivity index (χ1) is 9.39. The van der Waals surface area contributed by atoms with Crippen molar-refractivity contribution in [2.45, 2.75) is 50.6 Å². The van der Waals surface area contributed by atoms with Crippen LogP contribution in [-0.4, -0.2) is 14.5 Å². The Labute approximate surface area is 129 Å². The fourth-order valence-corrected chi connectivity index (χ4v) is 4.85. The number of nitrogens with one attached hydrogen (secondary N) is 1. The SMILES string of the molecule is CCCC1CC1NS(=O)(=O)c1cc(CN)cc(C)c1Br. The van der Waals surface area contributed by atoms with Crippen molar-refractivity contribution in [3.63, 3.8) is 0 Å². The van der Waals surface area contributed by atoms with Gasteiger partial charge in [0.15, 0.2) is 0 Å². The molecule has 2 rings (SSSR count). The van der Waals surface area contributed by atoms with E-state index in [4.69, 9.17) is 5.73 Å². The van der Waals surface area contributed by atoms with Gasteiger partial charge in [-0.3, -0.25) is 0 Å². The van der Waals surface area contributed by atoms with E-state index in [1.54, 1.807) is 6.07 Å². The highest BCUT2D eigenvalue weighted by atomic mass is 79.9. The highest BCUT2D eigenvalue weighted by molar-refractivity contribution is 9.10. The minimum atomic E-state index is -3.49. The van der Waals surface area contributed by atoms with Crippen LogP contribution in [0.25, 0.3) is 0 Å². The van der Waals surface area contributed by atoms with Crippen LogP contribution in [0, 0.1) is 12.8 Å². The number of nitrogens with two attached hydrogens (primary N) is 1. The van der Waals surface area contributed by atoms with Crippen molar-refractivity contribution in [3.8, 4) is 0 Å². The maximum absolute atomic E-state index is 12.5. The van der Waals surface area contributed by atoms with Gasteiger partial charge in [0.25, 0.3) is 0 Å². The van der Waals surface area contributed by atoms with Gasteiger partial charge in [0.1, 0.15) is 0 Å². The van der Waals surface area contributed by atoms with E-state index in [-0.39, 0.29) is 6.04 Å². The standard InChI is InChI=1S/C14H21BrN2O2S/c1-3-4-11-7-12(11)17-20(18,19)13-6-10(8-16)5-9(2)14(13)15/h5-6,11-12,17H,3-4,7-8,16H2,1-2H3. The monoisotopic (exact) mass is 360 g/mol. The van der Waals surface area contributed by atoms with Crippen molar-refractivity contribution in [1.82, 2.24) is 4.72 Å². The lowest BCUT2D eigenvalue weighted by Crippen LogP contribution is -2.27. The fraction of sp³-hybridized carbons (Fsp3) is 0.571. The number of aryl methyl sites for hydroxylation is 1. The zero-order valence-corrected chi connectivity index (χ0v) is 14.2. The first kappa shape index (κ1) is 15.9. The Morgan fingerprint density at radius 1 is 1.45 bits per heavy atom. The lowest BCUT2D eigenvalue weighted by Gasteiger charge is -2.12. The number of benzene rings is 1. The summed E-state index contributed by atoms with van der Waals surface area (Å²) in [6.07, 6.45) is 3.12. The first-order valence-corrected chi connectivity index (χ1v) is 9.18. The molecule has 1 aliphatic carbocycles. The minimum Gasteiger partial charge on any atom is -0.326 e. The van der Waals surface area contributed by atoms with E-state index in [2.05, 4.69) is 27.6 Å². The lowest BCUT2D eigenvalue weighted by atomic mass is 10.1. The Kier molecular flexibility index (Phi) is 4.89. The van der Waals surface area contributed by atoms with Gasteiger partial charge in [-0.1, -0.05) is 19.4 Å². The highest BCUT2D eigenvalue weighted by Crippen LogP contribution is 2.36. The molecule has 0 aromatic heterocycles. The summed E-state index contributed by atoms with van der Waals surface area (Å²) in [7, 11) is -3.49. The second-order valence-electron chi connectivity index (χ2n) is 5.44. The van der Waals surface area contributed by atoms with Crippen LogP contribution in [0.1, 0.15) is 37.3 Å². The molecule has 0 saturated heterocycles. The Balaban J connectivity index is 2.24. The van der Waals surface area contributed by atoms with Crippen LogP contribution in [0.2, 0.25) is 0 Å². The van der Waals surface area contributed by atoms with Crippen LogP contribution in [0.4, 0.5) is 0 Å². The molecule has 0 aliphatic heterocycles. The summed E-state index contributed by atoms with van der Waals surface area (Å²) in [6.45, 7) is 4.33. The van der Waals surface area contributed by atoms with Gasteiger partial charge in [0.2, 0.25) is 10.0 Å². The number of hydrogen-bond acceptors (Lipinski definition) is 3. The summed E-state index contributed by atoms with van der Waals surface area (Å²) in [5.41, 5.74) is 7.34. The molecule has 20 heavy (non-hydrogen) atoms. The van der Waals surface area contributed by atoms with E-state index < -0.39 is 10.0 Å². The molecule has 3 N–H and O–H groups in total. The number of rotatable bonds is 6. The molecule has 112 valence electrons. The Morgan fingerprint density at radius 2 is 2.15 bits per heavy atom. The largest absolute Gasteiger partial charge is 0.326 e. The second kappa shape index (κ2) is 6.13. The normalized spacial score (nSPS) is 22.0. The van der Waals surface area contributed by atoms with Gasteiger partial charge in [-0.05, 0) is 58.8 Å². The maximum Gasteiger partial charge on any atom is 0.241 e. The summed E-state index contributed by atoms with van der Waals surface area (Å²) in [5, 5.41) is 0. The molecular formula is C14H21BrN2O2S. The van der Waals surface area contributed by atoms with Crippen molar-refractivity contribution in [3.05, 3.63) is 27.7 Å². The fourth-order valence-electron chi connectivity index (χ4n) is 2.47. The van der Waals surface area contributed by atoms with Crippen LogP contribution in [0.15, 0.2) is 21.5 Å². The molecule has 2 unspecified atom stereocenters. The summed E-state index contributed by atoms with van der Waals surface area (Å²) >= 11 is 3.38. The third-order valence-electron chi connectivity index (χ3n) is 3.69. The average molecular weight is 361 g/mol. The van der Waals surface area contributed by atoms with E-state index in [1.807, 2.05) is 13.0 Å². The Hall–Kier alpha value is -0.430. The van der Waals surface area contributed by atoms with Crippen LogP contribution in [0.5, 0.6) is 0 Å². The molecule has 1 aromatic rings. The smallest absolute Gasteiger partial charge is 0.241 e. The predicted molar refractivity (Wildman–Crippen MR) is 83.9 cm³/mol. The Bertz CT molecular complexity index is 601. The maximum atomic E-state index is 12.5. The van der Waals surface area contributed by atoms with Gasteiger partial charge in [0.05, 0.1) is 4.90 Å². The quantitative estimate of drug-likeness (QED) is 0.818. The zero-order valence-electron chi connectivity index (χ0n) is 11.8. The average Bonchev–Trinajstić information content (AvgIpc) is 3.09. The molecule has 0 bridgehead atoms. The number of hydrogen-bond donors (Lipinski definition) is 2. The van der Waals surface area contributed by atoms with Gasteiger partial charge >= 0.3 is 0 Å². The Morgan fingerprint density at radius 3 is 2.75 bits per heavy atom. The van der Waals surface area contributed by atoms with Crippen LogP contribution < -0.4 is 10.5 Å². The first-order valence-electron chi connectivity index (χ1n) is 6.90. The molecule has 2 atom stereocenters. The van der Waals surface area contributed by atoms with Gasteiger partial charge in [0, 0.05) is 17.1 Å². The third-order valence-corrected chi connectivity index (χ3v) is 6.52. The van der Waals surface area contributed by atoms with Crippen molar-refractivity contribution in [2.75, 3.05) is 0 Å². The molecule has 1 saturated carbocycles. The molecule has 4 nitrogen and oxygen atoms in total. The summed E-state index contributed by atoms with van der Waals surface area (Å²) in [6, 6.07) is 3.64. The molecule has 1 fully saturated rings. The summed E-state index contributed by atoms with van der Waals surface area (Å²) in [4.78, 5) is 0.292. The van der Waals surface area contributed by atoms with Crippen molar-refractivity contribution in [1.29, 1.82) is 0 Å². The third kappa shape index (κ3) is 3.42. The van der Waals surface area contributed by atoms with Crippen molar-refractivity contribution < 1.29 is 8.42 Å². The number of halogens is 1. The van der Waals surface area contributed by atoms with E-state index >= 15 is 0 Å². The topological polar surface area (TPSA) is 72.2 Å². The molecule has 1 aromatic carbocycles. The lowest BCUT2D eigenvalue weighted by molar-refractivity contribution is 0.572. The number of sulfonamides is 1. The summed E-state index contributed by atoms with van der Waals surface area (Å²) < 4.78 is 28.4. The van der Waals surface area contributed by atoms with Gasteiger partial charge in [-0.2, -0.15) is 0 Å². The zero-order chi connectivity index (χ0) is 14.9. The van der Waals surface area contributed by atoms with Crippen LogP contribution in [0.3, 0.4) is 0 Å². The molecule has 1 aliphatic rings. The van der Waals surface area contributed by atoms with Crippen LogP contribution in [-0.2, 0) is 16.6 Å². The van der Waals surface area contributed by atoms with E-state index in [0.29, 0.717) is 21.8 Å².